The highest BCUT2D eigenvalue weighted by Gasteiger charge is 2.27. The lowest BCUT2D eigenvalue weighted by molar-refractivity contribution is -0.116. The van der Waals surface area contributed by atoms with Gasteiger partial charge in [-0.25, -0.2) is 4.98 Å². The summed E-state index contributed by atoms with van der Waals surface area (Å²) in [5.74, 6) is 0.628. The number of thioether (sulfide) groups is 1. The van der Waals surface area contributed by atoms with Crippen LogP contribution in [-0.2, 0) is 11.2 Å². The summed E-state index contributed by atoms with van der Waals surface area (Å²) in [6, 6.07) is 7.87. The van der Waals surface area contributed by atoms with Crippen LogP contribution in [0.1, 0.15) is 43.4 Å². The Kier molecular flexibility index (Phi) is 5.58. The van der Waals surface area contributed by atoms with Gasteiger partial charge in [0.1, 0.15) is 0 Å². The van der Waals surface area contributed by atoms with Crippen molar-refractivity contribution in [1.82, 2.24) is 9.55 Å². The molecule has 1 N–H and O–H groups in total. The van der Waals surface area contributed by atoms with E-state index in [0.717, 1.165) is 12.1 Å². The van der Waals surface area contributed by atoms with E-state index >= 15 is 0 Å². The van der Waals surface area contributed by atoms with E-state index < -0.39 is 0 Å². The number of aromatic nitrogens is 2. The van der Waals surface area contributed by atoms with Gasteiger partial charge in [-0.1, -0.05) is 37.2 Å². The zero-order valence-electron chi connectivity index (χ0n) is 14.6. The highest BCUT2D eigenvalue weighted by molar-refractivity contribution is 7.99. The Morgan fingerprint density at radius 3 is 2.84 bits per heavy atom. The largest absolute Gasteiger partial charge is 0.326 e. The summed E-state index contributed by atoms with van der Waals surface area (Å²) in [7, 11) is 0. The van der Waals surface area contributed by atoms with E-state index in [1.807, 2.05) is 12.1 Å². The van der Waals surface area contributed by atoms with Crippen molar-refractivity contribution in [1.29, 1.82) is 0 Å². The number of aryl methyl sites for hydroxylation is 2. The molecule has 1 atom stereocenters. The van der Waals surface area contributed by atoms with Crippen molar-refractivity contribution < 1.29 is 4.79 Å². The third-order valence-electron chi connectivity index (χ3n) is 4.38. The van der Waals surface area contributed by atoms with Crippen molar-refractivity contribution in [3.63, 3.8) is 0 Å². The molecule has 2 aromatic rings. The van der Waals surface area contributed by atoms with Gasteiger partial charge in [0.15, 0.2) is 5.16 Å². The summed E-state index contributed by atoms with van der Waals surface area (Å²) >= 11 is 1.53. The Bertz CT molecular complexity index is 814. The van der Waals surface area contributed by atoms with Crippen molar-refractivity contribution in [3.05, 3.63) is 51.9 Å². The summed E-state index contributed by atoms with van der Waals surface area (Å²) in [6.07, 6.45) is 5.29. The number of amides is 1. The number of unbranched alkanes of at least 4 members (excludes halogenated alkanes) is 1. The average Bonchev–Trinajstić information content (AvgIpc) is 3.01. The second-order valence-corrected chi connectivity index (χ2v) is 7.40. The van der Waals surface area contributed by atoms with Crippen molar-refractivity contribution >= 4 is 23.4 Å². The fraction of sp³-hybridized carbons (Fsp3) is 0.421. The molecule has 6 heteroatoms. The first kappa shape index (κ1) is 17.7. The third-order valence-corrected chi connectivity index (χ3v) is 5.49. The Labute approximate surface area is 151 Å². The van der Waals surface area contributed by atoms with Gasteiger partial charge in [-0.2, -0.15) is 0 Å². The van der Waals surface area contributed by atoms with Crippen molar-refractivity contribution in [2.75, 3.05) is 11.1 Å². The van der Waals surface area contributed by atoms with Crippen LogP contribution in [-0.4, -0.2) is 21.2 Å². The molecule has 1 aliphatic heterocycles. The van der Waals surface area contributed by atoms with Gasteiger partial charge in [-0.05, 0) is 37.5 Å². The Hall–Kier alpha value is -2.08. The van der Waals surface area contributed by atoms with Crippen LogP contribution in [0.25, 0.3) is 0 Å². The maximum absolute atomic E-state index is 12.4. The molecule has 0 spiro atoms. The van der Waals surface area contributed by atoms with E-state index in [4.69, 9.17) is 0 Å². The average molecular weight is 357 g/mol. The van der Waals surface area contributed by atoms with Crippen LogP contribution in [0.2, 0.25) is 0 Å². The minimum Gasteiger partial charge on any atom is -0.326 e. The van der Waals surface area contributed by atoms with Gasteiger partial charge in [0.25, 0.3) is 5.56 Å². The number of rotatable bonds is 6. The lowest BCUT2D eigenvalue weighted by Gasteiger charge is -2.14. The molecule has 0 bridgehead atoms. The van der Waals surface area contributed by atoms with Gasteiger partial charge in [-0.15, -0.1) is 0 Å². The van der Waals surface area contributed by atoms with E-state index in [1.165, 1.54) is 30.2 Å². The molecule has 132 valence electrons. The van der Waals surface area contributed by atoms with E-state index in [-0.39, 0.29) is 23.9 Å². The smallest absolute Gasteiger partial charge is 0.257 e. The number of nitrogens with one attached hydrogen (secondary N) is 1. The molecule has 3 rings (SSSR count). The lowest BCUT2D eigenvalue weighted by Crippen LogP contribution is -2.28. The molecular weight excluding hydrogens is 334 g/mol. The molecule has 25 heavy (non-hydrogen) atoms. The Balaban J connectivity index is 1.63. The quantitative estimate of drug-likeness (QED) is 0.803. The molecular formula is C19H23N3O2S. The van der Waals surface area contributed by atoms with E-state index in [0.29, 0.717) is 16.5 Å². The van der Waals surface area contributed by atoms with Crippen LogP contribution < -0.4 is 10.9 Å². The highest BCUT2D eigenvalue weighted by atomic mass is 32.2. The number of hydrogen-bond acceptors (Lipinski definition) is 4. The standard InChI is InChI=1S/C19H23N3O2S/c1-3-4-5-14-6-8-15(9-7-14)21-17(23)10-16-12-25-19-20-11-13(2)18(24)22(16)19/h6-9,11,16H,3-5,10,12H2,1-2H3,(H,21,23). The predicted molar refractivity (Wildman–Crippen MR) is 101 cm³/mol. The van der Waals surface area contributed by atoms with Crippen LogP contribution in [0.4, 0.5) is 5.69 Å². The van der Waals surface area contributed by atoms with Gasteiger partial charge < -0.3 is 5.32 Å². The molecule has 1 aromatic carbocycles. The molecule has 1 unspecified atom stereocenters. The first-order valence-electron chi connectivity index (χ1n) is 8.68. The van der Waals surface area contributed by atoms with Gasteiger partial charge in [0.2, 0.25) is 5.91 Å². The summed E-state index contributed by atoms with van der Waals surface area (Å²) in [4.78, 5) is 29.0. The summed E-state index contributed by atoms with van der Waals surface area (Å²) < 4.78 is 1.66. The van der Waals surface area contributed by atoms with Crippen LogP contribution in [0.3, 0.4) is 0 Å². The number of anilines is 1. The predicted octanol–water partition coefficient (Wildman–Crippen LogP) is 3.57. The minimum absolute atomic E-state index is 0.0481. The molecule has 0 radical (unpaired) electrons. The fourth-order valence-electron chi connectivity index (χ4n) is 2.93. The van der Waals surface area contributed by atoms with Crippen LogP contribution in [0.5, 0.6) is 0 Å². The summed E-state index contributed by atoms with van der Waals surface area (Å²) in [5.41, 5.74) is 2.65. The van der Waals surface area contributed by atoms with Crippen LogP contribution >= 0.6 is 11.8 Å². The molecule has 2 heterocycles. The first-order valence-corrected chi connectivity index (χ1v) is 9.66. The number of nitrogens with zero attached hydrogens (tertiary/aromatic N) is 2. The zero-order chi connectivity index (χ0) is 17.8. The number of benzene rings is 1. The monoisotopic (exact) mass is 357 g/mol. The molecule has 0 saturated heterocycles. The lowest BCUT2D eigenvalue weighted by atomic mass is 10.1. The van der Waals surface area contributed by atoms with Gasteiger partial charge in [0, 0.05) is 29.6 Å². The van der Waals surface area contributed by atoms with Crippen molar-refractivity contribution in [2.45, 2.75) is 50.7 Å². The Morgan fingerprint density at radius 1 is 1.36 bits per heavy atom. The SMILES string of the molecule is CCCCc1ccc(NC(=O)CC2CSc3ncc(C)c(=O)n32)cc1. The van der Waals surface area contributed by atoms with Gasteiger partial charge in [0.05, 0.1) is 6.04 Å². The maximum atomic E-state index is 12.4. The van der Waals surface area contributed by atoms with E-state index in [2.05, 4.69) is 29.4 Å². The minimum atomic E-state index is -0.135. The number of carbonyl (C=O) groups excluding carboxylic acids is 1. The molecule has 1 amide bonds. The molecule has 0 aliphatic carbocycles. The van der Waals surface area contributed by atoms with Gasteiger partial charge >= 0.3 is 0 Å². The molecule has 1 aromatic heterocycles. The fourth-order valence-corrected chi connectivity index (χ4v) is 4.04. The molecule has 0 fully saturated rings. The van der Waals surface area contributed by atoms with E-state index in [9.17, 15) is 9.59 Å². The zero-order valence-corrected chi connectivity index (χ0v) is 15.4. The Morgan fingerprint density at radius 2 is 2.12 bits per heavy atom. The number of fused-ring (bicyclic) bond motifs is 1. The van der Waals surface area contributed by atoms with Gasteiger partial charge in [-0.3, -0.25) is 14.2 Å². The summed E-state index contributed by atoms with van der Waals surface area (Å²) in [6.45, 7) is 3.93. The maximum Gasteiger partial charge on any atom is 0.257 e. The van der Waals surface area contributed by atoms with E-state index in [1.54, 1.807) is 17.7 Å². The second kappa shape index (κ2) is 7.87. The second-order valence-electron chi connectivity index (χ2n) is 6.42. The molecule has 1 aliphatic rings. The normalized spacial score (nSPS) is 15.8. The topological polar surface area (TPSA) is 64.0 Å². The third kappa shape index (κ3) is 4.12. The summed E-state index contributed by atoms with van der Waals surface area (Å²) in [5, 5.41) is 3.64. The van der Waals surface area contributed by atoms with Crippen LogP contribution in [0.15, 0.2) is 40.4 Å². The van der Waals surface area contributed by atoms with Crippen molar-refractivity contribution in [3.8, 4) is 0 Å². The van der Waals surface area contributed by atoms with Crippen LogP contribution in [0, 0.1) is 6.92 Å². The van der Waals surface area contributed by atoms with Crippen molar-refractivity contribution in [2.24, 2.45) is 0 Å². The number of carbonyl (C=O) groups is 1. The highest BCUT2D eigenvalue weighted by Crippen LogP contribution is 2.32. The molecule has 0 saturated carbocycles. The number of hydrogen-bond donors (Lipinski definition) is 1. The molecule has 5 nitrogen and oxygen atoms in total. The first-order chi connectivity index (χ1) is 12.1.